The van der Waals surface area contributed by atoms with Gasteiger partial charge in [-0.2, -0.15) is 4.39 Å². The summed E-state index contributed by atoms with van der Waals surface area (Å²) < 4.78 is 59.5. The summed E-state index contributed by atoms with van der Waals surface area (Å²) in [6, 6.07) is 0. The average molecular weight is 372 g/mol. The molecule has 3 nitrogen and oxygen atoms in total. The highest BCUT2D eigenvalue weighted by Gasteiger charge is 2.29. The first-order valence-corrected chi connectivity index (χ1v) is 6.70. The molecule has 0 spiro atoms. The molecule has 0 N–H and O–H groups in total. The lowest BCUT2D eigenvalue weighted by Crippen LogP contribution is -2.06. The molecule has 1 rings (SSSR count). The molecule has 0 atom stereocenters. The Morgan fingerprint density at radius 2 is 2.00 bits per heavy atom. The van der Waals surface area contributed by atoms with Crippen molar-refractivity contribution in [3.63, 3.8) is 0 Å². The third-order valence-electron chi connectivity index (χ3n) is 1.44. The van der Waals surface area contributed by atoms with Crippen LogP contribution < -0.4 is 0 Å². The van der Waals surface area contributed by atoms with Crippen molar-refractivity contribution in [3.05, 3.63) is 21.3 Å². The van der Waals surface area contributed by atoms with Crippen LogP contribution in [0.15, 0.2) is 11.1 Å². The van der Waals surface area contributed by atoms with Crippen LogP contribution in [0, 0.1) is 9.52 Å². The zero-order valence-corrected chi connectivity index (χ0v) is 10.4. The lowest BCUT2D eigenvalue weighted by Gasteiger charge is -2.08. The van der Waals surface area contributed by atoms with E-state index in [0.717, 1.165) is 6.20 Å². The Balaban J connectivity index is 3.68. The molecule has 0 fully saturated rings. The van der Waals surface area contributed by atoms with Gasteiger partial charge in [-0.15, -0.1) is 0 Å². The second-order valence-electron chi connectivity index (χ2n) is 2.38. The number of alkyl halides is 2. The van der Waals surface area contributed by atoms with Crippen molar-refractivity contribution in [3.8, 4) is 0 Å². The van der Waals surface area contributed by atoms with Crippen molar-refractivity contribution in [2.24, 2.45) is 0 Å². The van der Waals surface area contributed by atoms with Crippen molar-refractivity contribution >= 4 is 42.3 Å². The van der Waals surface area contributed by atoms with Gasteiger partial charge in [-0.05, 0) is 22.6 Å². The molecule has 0 saturated carbocycles. The number of pyridine rings is 1. The van der Waals surface area contributed by atoms with Gasteiger partial charge in [0.25, 0.3) is 15.5 Å². The quantitative estimate of drug-likeness (QED) is 0.456. The van der Waals surface area contributed by atoms with Crippen LogP contribution in [0.4, 0.5) is 13.2 Å². The van der Waals surface area contributed by atoms with Crippen molar-refractivity contribution in [1.82, 2.24) is 4.98 Å². The van der Waals surface area contributed by atoms with E-state index >= 15 is 0 Å². The largest absolute Gasteiger partial charge is 0.266 e. The minimum atomic E-state index is -4.58. The average Bonchev–Trinajstić information content (AvgIpc) is 2.05. The highest BCUT2D eigenvalue weighted by Crippen LogP contribution is 2.33. The molecular weight excluding hydrogens is 369 g/mol. The number of rotatable bonds is 2. The fourth-order valence-electron chi connectivity index (χ4n) is 0.896. The molecule has 0 aliphatic heterocycles. The topological polar surface area (TPSA) is 47.0 Å². The third-order valence-corrected chi connectivity index (χ3v) is 3.64. The normalized spacial score (nSPS) is 12.1. The van der Waals surface area contributed by atoms with Crippen LogP contribution in [0.3, 0.4) is 0 Å². The maximum Gasteiger partial charge on any atom is 0.266 e. The number of nitrogens with zero attached hydrogens (tertiary/aromatic N) is 1. The van der Waals surface area contributed by atoms with Crippen molar-refractivity contribution in [2.75, 3.05) is 0 Å². The smallest absolute Gasteiger partial charge is 0.226 e. The molecular formula is C6H2ClF3INO2S. The second kappa shape index (κ2) is 4.42. The summed E-state index contributed by atoms with van der Waals surface area (Å²) in [6.07, 6.45) is -2.33. The zero-order chi connectivity index (χ0) is 11.8. The second-order valence-corrected chi connectivity index (χ2v) is 6.04. The Labute approximate surface area is 101 Å². The Hall–Kier alpha value is -0.0900. The lowest BCUT2D eigenvalue weighted by atomic mass is 10.3. The fourth-order valence-corrected chi connectivity index (χ4v) is 2.88. The van der Waals surface area contributed by atoms with E-state index in [0.29, 0.717) is 0 Å². The van der Waals surface area contributed by atoms with Crippen LogP contribution in [-0.2, 0) is 9.05 Å². The predicted molar refractivity (Wildman–Crippen MR) is 54.9 cm³/mol. The Bertz CT molecular complexity index is 493. The number of hydrogen-bond donors (Lipinski definition) is 0. The van der Waals surface area contributed by atoms with Crippen LogP contribution in [0.2, 0.25) is 0 Å². The lowest BCUT2D eigenvalue weighted by molar-refractivity contribution is 0.145. The molecule has 84 valence electrons. The van der Waals surface area contributed by atoms with E-state index in [1.165, 1.54) is 22.6 Å². The molecule has 0 radical (unpaired) electrons. The van der Waals surface area contributed by atoms with Crippen LogP contribution in [-0.4, -0.2) is 13.4 Å². The van der Waals surface area contributed by atoms with E-state index in [1.54, 1.807) is 0 Å². The molecule has 15 heavy (non-hydrogen) atoms. The number of hydrogen-bond acceptors (Lipinski definition) is 3. The molecule has 1 aromatic rings. The summed E-state index contributed by atoms with van der Waals surface area (Å²) in [5.74, 6) is -1.53. The van der Waals surface area contributed by atoms with Crippen LogP contribution >= 0.6 is 33.3 Å². The van der Waals surface area contributed by atoms with E-state index in [1.807, 2.05) is 0 Å². The first-order valence-electron chi connectivity index (χ1n) is 3.32. The SMILES string of the molecule is O=S(=O)(Cl)c1c(F)ncc(I)c1C(F)F. The summed E-state index contributed by atoms with van der Waals surface area (Å²) in [7, 11) is 0.259. The van der Waals surface area contributed by atoms with E-state index in [2.05, 4.69) is 4.98 Å². The number of halogens is 5. The van der Waals surface area contributed by atoms with E-state index in [-0.39, 0.29) is 3.57 Å². The van der Waals surface area contributed by atoms with Gasteiger partial charge in [-0.1, -0.05) is 0 Å². The van der Waals surface area contributed by atoms with Gasteiger partial charge in [0, 0.05) is 20.4 Å². The maximum atomic E-state index is 13.0. The van der Waals surface area contributed by atoms with E-state index in [9.17, 15) is 21.6 Å². The Morgan fingerprint density at radius 3 is 2.33 bits per heavy atom. The van der Waals surface area contributed by atoms with Gasteiger partial charge < -0.3 is 0 Å². The van der Waals surface area contributed by atoms with Gasteiger partial charge in [0.2, 0.25) is 5.95 Å². The van der Waals surface area contributed by atoms with Gasteiger partial charge in [-0.25, -0.2) is 22.2 Å². The molecule has 0 aliphatic rings. The van der Waals surface area contributed by atoms with E-state index < -0.39 is 31.9 Å². The minimum absolute atomic E-state index is 0.164. The highest BCUT2D eigenvalue weighted by atomic mass is 127. The Morgan fingerprint density at radius 1 is 1.47 bits per heavy atom. The summed E-state index contributed by atoms with van der Waals surface area (Å²) in [5.41, 5.74) is -0.960. The predicted octanol–water partition coefficient (Wildman–Crippen LogP) is 2.69. The van der Waals surface area contributed by atoms with Crippen molar-refractivity contribution in [2.45, 2.75) is 11.3 Å². The van der Waals surface area contributed by atoms with Crippen LogP contribution in [0.25, 0.3) is 0 Å². The van der Waals surface area contributed by atoms with Crippen molar-refractivity contribution < 1.29 is 21.6 Å². The molecule has 9 heteroatoms. The first-order chi connectivity index (χ1) is 6.75. The van der Waals surface area contributed by atoms with Crippen LogP contribution in [0.1, 0.15) is 12.0 Å². The standard InChI is InChI=1S/C6H2ClF3INO2S/c7-15(13,14)4-3(5(8)9)2(11)1-12-6(4)10/h1,5H. The summed E-state index contributed by atoms with van der Waals surface area (Å²) in [4.78, 5) is 1.76. The maximum absolute atomic E-state index is 13.0. The number of aromatic nitrogens is 1. The first kappa shape index (κ1) is 13.0. The highest BCUT2D eigenvalue weighted by molar-refractivity contribution is 14.1. The molecule has 0 aromatic carbocycles. The van der Waals surface area contributed by atoms with Gasteiger partial charge in [-0.3, -0.25) is 0 Å². The van der Waals surface area contributed by atoms with Crippen LogP contribution in [0.5, 0.6) is 0 Å². The molecule has 1 heterocycles. The fraction of sp³-hybridized carbons (Fsp3) is 0.167. The van der Waals surface area contributed by atoms with Gasteiger partial charge >= 0.3 is 0 Å². The molecule has 1 aromatic heterocycles. The summed E-state index contributed by atoms with van der Waals surface area (Å²) in [5, 5.41) is 0. The molecule has 0 saturated heterocycles. The molecule has 0 unspecified atom stereocenters. The Kier molecular flexibility index (Phi) is 3.82. The van der Waals surface area contributed by atoms with E-state index in [4.69, 9.17) is 10.7 Å². The minimum Gasteiger partial charge on any atom is -0.226 e. The molecule has 0 amide bonds. The summed E-state index contributed by atoms with van der Waals surface area (Å²) >= 11 is 1.43. The van der Waals surface area contributed by atoms with Crippen molar-refractivity contribution in [1.29, 1.82) is 0 Å². The van der Waals surface area contributed by atoms with Gasteiger partial charge in [0.15, 0.2) is 0 Å². The monoisotopic (exact) mass is 371 g/mol. The molecule has 0 bridgehead atoms. The zero-order valence-electron chi connectivity index (χ0n) is 6.72. The van der Waals surface area contributed by atoms with Gasteiger partial charge in [0.1, 0.15) is 4.90 Å². The van der Waals surface area contributed by atoms with Gasteiger partial charge in [0.05, 0.1) is 5.56 Å². The molecule has 0 aliphatic carbocycles. The summed E-state index contributed by atoms with van der Waals surface area (Å²) in [6.45, 7) is 0. The third kappa shape index (κ3) is 2.72.